The first-order chi connectivity index (χ1) is 7.49. The van der Waals surface area contributed by atoms with E-state index in [0.29, 0.717) is 26.6 Å². The molecule has 5 heteroatoms. The van der Waals surface area contributed by atoms with Gasteiger partial charge < -0.3 is 5.11 Å². The van der Waals surface area contributed by atoms with Gasteiger partial charge in [0.25, 0.3) is 0 Å². The number of rotatable bonds is 1. The molecule has 0 aliphatic carbocycles. The number of hydrogen-bond donors (Lipinski definition) is 1. The summed E-state index contributed by atoms with van der Waals surface area (Å²) in [6.45, 7) is 1.77. The van der Waals surface area contributed by atoms with Gasteiger partial charge in [0, 0.05) is 5.39 Å². The molecule has 1 heterocycles. The third-order valence-corrected chi connectivity index (χ3v) is 2.92. The number of nitrogens with zero attached hydrogens (tertiary/aromatic N) is 1. The molecule has 1 N–H and O–H groups in total. The topological polar surface area (TPSA) is 50.2 Å². The second kappa shape index (κ2) is 3.92. The molecular weight excluding hydrogens is 249 g/mol. The number of aromatic carboxylic acids is 1. The molecule has 3 nitrogen and oxygen atoms in total. The predicted octanol–water partition coefficient (Wildman–Crippen LogP) is 3.55. The Morgan fingerprint density at radius 3 is 2.56 bits per heavy atom. The van der Waals surface area contributed by atoms with Crippen molar-refractivity contribution in [3.8, 4) is 0 Å². The molecule has 0 radical (unpaired) electrons. The van der Waals surface area contributed by atoms with Gasteiger partial charge in [0.2, 0.25) is 0 Å². The van der Waals surface area contributed by atoms with Crippen LogP contribution >= 0.6 is 23.2 Å². The SMILES string of the molecule is Cc1nc2c(Cl)cc(C(=O)O)cc2cc1Cl. The Morgan fingerprint density at radius 2 is 1.94 bits per heavy atom. The highest BCUT2D eigenvalue weighted by Gasteiger charge is 2.10. The maximum atomic E-state index is 10.8. The summed E-state index contributed by atoms with van der Waals surface area (Å²) in [5.74, 6) is -1.03. The summed E-state index contributed by atoms with van der Waals surface area (Å²) in [5, 5.41) is 10.3. The number of fused-ring (bicyclic) bond motifs is 1. The summed E-state index contributed by atoms with van der Waals surface area (Å²) >= 11 is 11.9. The Bertz CT molecular complexity index is 596. The number of aromatic nitrogens is 1. The molecule has 0 aliphatic heterocycles. The van der Waals surface area contributed by atoms with Crippen LogP contribution in [0.2, 0.25) is 10.0 Å². The lowest BCUT2D eigenvalue weighted by atomic mass is 10.1. The van der Waals surface area contributed by atoms with E-state index in [1.807, 2.05) is 0 Å². The van der Waals surface area contributed by atoms with Gasteiger partial charge in [-0.05, 0) is 25.1 Å². The number of halogens is 2. The number of benzene rings is 1. The van der Waals surface area contributed by atoms with Crippen molar-refractivity contribution >= 4 is 40.1 Å². The second-order valence-electron chi connectivity index (χ2n) is 3.39. The zero-order valence-corrected chi connectivity index (χ0v) is 9.80. The van der Waals surface area contributed by atoms with Crippen LogP contribution in [0.25, 0.3) is 10.9 Å². The molecule has 0 saturated heterocycles. The van der Waals surface area contributed by atoms with Crippen molar-refractivity contribution in [2.45, 2.75) is 6.92 Å². The van der Waals surface area contributed by atoms with Crippen LogP contribution in [-0.2, 0) is 0 Å². The number of carboxylic acid groups (broad SMARTS) is 1. The van der Waals surface area contributed by atoms with Crippen LogP contribution < -0.4 is 0 Å². The van der Waals surface area contributed by atoms with Gasteiger partial charge >= 0.3 is 5.97 Å². The largest absolute Gasteiger partial charge is 0.478 e. The molecule has 0 atom stereocenters. The van der Waals surface area contributed by atoms with Crippen LogP contribution in [0.1, 0.15) is 16.1 Å². The van der Waals surface area contributed by atoms with Crippen molar-refractivity contribution in [1.29, 1.82) is 0 Å². The number of hydrogen-bond acceptors (Lipinski definition) is 2. The van der Waals surface area contributed by atoms with Gasteiger partial charge in [0.15, 0.2) is 0 Å². The van der Waals surface area contributed by atoms with Gasteiger partial charge in [-0.1, -0.05) is 23.2 Å². The molecule has 0 fully saturated rings. The lowest BCUT2D eigenvalue weighted by molar-refractivity contribution is 0.0697. The predicted molar refractivity (Wildman–Crippen MR) is 63.5 cm³/mol. The first-order valence-electron chi connectivity index (χ1n) is 4.48. The summed E-state index contributed by atoms with van der Waals surface area (Å²) in [5.41, 5.74) is 1.35. The third kappa shape index (κ3) is 1.84. The Labute approximate surface area is 102 Å². The molecule has 1 aromatic carbocycles. The normalized spacial score (nSPS) is 10.7. The van der Waals surface area contributed by atoms with Crippen molar-refractivity contribution in [3.05, 3.63) is 39.5 Å². The van der Waals surface area contributed by atoms with Crippen LogP contribution in [0, 0.1) is 6.92 Å². The van der Waals surface area contributed by atoms with Crippen LogP contribution in [-0.4, -0.2) is 16.1 Å². The lowest BCUT2D eigenvalue weighted by Crippen LogP contribution is -1.97. The minimum absolute atomic E-state index is 0.124. The van der Waals surface area contributed by atoms with Gasteiger partial charge in [-0.25, -0.2) is 4.79 Å². The van der Waals surface area contributed by atoms with Crippen molar-refractivity contribution in [1.82, 2.24) is 4.98 Å². The molecule has 16 heavy (non-hydrogen) atoms. The average molecular weight is 256 g/mol. The van der Waals surface area contributed by atoms with E-state index in [0.717, 1.165) is 0 Å². The summed E-state index contributed by atoms with van der Waals surface area (Å²) in [4.78, 5) is 15.1. The number of pyridine rings is 1. The van der Waals surface area contributed by atoms with Crippen LogP contribution in [0.3, 0.4) is 0 Å². The Balaban J connectivity index is 2.82. The van der Waals surface area contributed by atoms with E-state index in [9.17, 15) is 4.79 Å². The molecule has 0 saturated carbocycles. The Morgan fingerprint density at radius 1 is 1.25 bits per heavy atom. The molecule has 82 valence electrons. The van der Waals surface area contributed by atoms with Gasteiger partial charge in [0.05, 0.1) is 26.8 Å². The zero-order valence-electron chi connectivity index (χ0n) is 8.29. The highest BCUT2D eigenvalue weighted by molar-refractivity contribution is 6.36. The molecule has 0 unspecified atom stereocenters. The second-order valence-corrected chi connectivity index (χ2v) is 4.20. The van der Waals surface area contributed by atoms with Crippen LogP contribution in [0.5, 0.6) is 0 Å². The van der Waals surface area contributed by atoms with E-state index >= 15 is 0 Å². The van der Waals surface area contributed by atoms with Crippen LogP contribution in [0.15, 0.2) is 18.2 Å². The highest BCUT2D eigenvalue weighted by atomic mass is 35.5. The first kappa shape index (κ1) is 11.2. The molecule has 0 amide bonds. The summed E-state index contributed by atoms with van der Waals surface area (Å²) < 4.78 is 0. The van der Waals surface area contributed by atoms with E-state index in [2.05, 4.69) is 4.98 Å². The van der Waals surface area contributed by atoms with Crippen molar-refractivity contribution in [2.75, 3.05) is 0 Å². The third-order valence-electron chi connectivity index (χ3n) is 2.25. The molecule has 1 aromatic heterocycles. The zero-order chi connectivity index (χ0) is 11.9. The summed E-state index contributed by atoms with van der Waals surface area (Å²) in [6.07, 6.45) is 0. The summed E-state index contributed by atoms with van der Waals surface area (Å²) in [7, 11) is 0. The molecular formula is C11H7Cl2NO2. The van der Waals surface area contributed by atoms with Gasteiger partial charge in [0.1, 0.15) is 0 Å². The number of carboxylic acids is 1. The summed E-state index contributed by atoms with van der Waals surface area (Å²) in [6, 6.07) is 4.55. The molecule has 0 aliphatic rings. The fraction of sp³-hybridized carbons (Fsp3) is 0.0909. The van der Waals surface area contributed by atoms with E-state index < -0.39 is 5.97 Å². The fourth-order valence-corrected chi connectivity index (χ4v) is 1.86. The molecule has 0 spiro atoms. The smallest absolute Gasteiger partial charge is 0.335 e. The maximum absolute atomic E-state index is 10.8. The Kier molecular flexibility index (Phi) is 2.74. The molecule has 2 rings (SSSR count). The number of aryl methyl sites for hydroxylation is 1. The van der Waals surface area contributed by atoms with Crippen molar-refractivity contribution in [3.63, 3.8) is 0 Å². The highest BCUT2D eigenvalue weighted by Crippen LogP contribution is 2.27. The fourth-order valence-electron chi connectivity index (χ4n) is 1.43. The van der Waals surface area contributed by atoms with E-state index in [1.165, 1.54) is 12.1 Å². The van der Waals surface area contributed by atoms with Gasteiger partial charge in [-0.15, -0.1) is 0 Å². The minimum Gasteiger partial charge on any atom is -0.478 e. The molecule has 2 aromatic rings. The van der Waals surface area contributed by atoms with E-state index in [4.69, 9.17) is 28.3 Å². The quantitative estimate of drug-likeness (QED) is 0.848. The first-order valence-corrected chi connectivity index (χ1v) is 5.24. The number of carbonyl (C=O) groups is 1. The van der Waals surface area contributed by atoms with E-state index in [-0.39, 0.29) is 5.56 Å². The van der Waals surface area contributed by atoms with Gasteiger partial charge in [-0.3, -0.25) is 4.98 Å². The van der Waals surface area contributed by atoms with Gasteiger partial charge in [-0.2, -0.15) is 0 Å². The van der Waals surface area contributed by atoms with Crippen molar-refractivity contribution in [2.24, 2.45) is 0 Å². The average Bonchev–Trinajstić information content (AvgIpc) is 2.20. The van der Waals surface area contributed by atoms with Crippen LogP contribution in [0.4, 0.5) is 0 Å². The monoisotopic (exact) mass is 255 g/mol. The Hall–Kier alpha value is -1.32. The van der Waals surface area contributed by atoms with E-state index in [1.54, 1.807) is 13.0 Å². The van der Waals surface area contributed by atoms with Crippen molar-refractivity contribution < 1.29 is 9.90 Å². The standard InChI is InChI=1S/C11H7Cl2NO2/c1-5-8(12)3-6-2-7(11(15)16)4-9(13)10(6)14-5/h2-4H,1H3,(H,15,16). The minimum atomic E-state index is -1.03. The lowest BCUT2D eigenvalue weighted by Gasteiger charge is -2.05. The maximum Gasteiger partial charge on any atom is 0.335 e. The molecule has 0 bridgehead atoms.